The normalized spacial score (nSPS) is 23.7. The highest BCUT2D eigenvalue weighted by molar-refractivity contribution is 7.10. The Morgan fingerprint density at radius 3 is 3.04 bits per heavy atom. The summed E-state index contributed by atoms with van der Waals surface area (Å²) in [4.78, 5) is 20.7. The summed E-state index contributed by atoms with van der Waals surface area (Å²) in [5, 5.41) is 2.11. The van der Waals surface area contributed by atoms with E-state index in [2.05, 4.69) is 39.4 Å². The molecule has 148 valence electrons. The summed E-state index contributed by atoms with van der Waals surface area (Å²) in [6.07, 6.45) is 3.38. The van der Waals surface area contributed by atoms with Crippen LogP contribution in [0.5, 0.6) is 5.75 Å². The Kier molecular flexibility index (Phi) is 4.56. The van der Waals surface area contributed by atoms with E-state index in [0.717, 1.165) is 50.3 Å². The van der Waals surface area contributed by atoms with E-state index in [1.807, 2.05) is 11.9 Å². The van der Waals surface area contributed by atoms with Crippen molar-refractivity contribution in [2.45, 2.75) is 31.2 Å². The molecule has 1 aromatic carbocycles. The smallest absolute Gasteiger partial charge is 0.246 e. The highest BCUT2D eigenvalue weighted by atomic mass is 32.1. The maximum absolute atomic E-state index is 12.5. The second kappa shape index (κ2) is 7.08. The number of fused-ring (bicyclic) bond motifs is 3. The van der Waals surface area contributed by atoms with Crippen LogP contribution in [0, 0.1) is 0 Å². The first-order chi connectivity index (χ1) is 13.7. The lowest BCUT2D eigenvalue weighted by molar-refractivity contribution is -0.117. The van der Waals surface area contributed by atoms with Crippen LogP contribution in [0.25, 0.3) is 0 Å². The van der Waals surface area contributed by atoms with Gasteiger partial charge in [0.05, 0.1) is 25.0 Å². The number of carbonyl (C=O) groups excluding carboxylic acids is 1. The van der Waals surface area contributed by atoms with Crippen LogP contribution in [0.2, 0.25) is 0 Å². The third kappa shape index (κ3) is 2.81. The van der Waals surface area contributed by atoms with E-state index in [4.69, 9.17) is 4.74 Å². The summed E-state index contributed by atoms with van der Waals surface area (Å²) < 4.78 is 5.44. The van der Waals surface area contributed by atoms with Crippen molar-refractivity contribution in [1.29, 1.82) is 0 Å². The van der Waals surface area contributed by atoms with Crippen molar-refractivity contribution in [3.8, 4) is 5.75 Å². The quantitative estimate of drug-likeness (QED) is 0.775. The van der Waals surface area contributed by atoms with Crippen molar-refractivity contribution >= 4 is 28.6 Å². The average molecular weight is 398 g/mol. The van der Waals surface area contributed by atoms with Crippen molar-refractivity contribution in [3.63, 3.8) is 0 Å². The monoisotopic (exact) mass is 397 g/mol. The van der Waals surface area contributed by atoms with Gasteiger partial charge in [-0.15, -0.1) is 11.3 Å². The van der Waals surface area contributed by atoms with Crippen LogP contribution in [0.4, 0.5) is 11.4 Å². The average Bonchev–Trinajstić information content (AvgIpc) is 3.29. The molecule has 5 rings (SSSR count). The summed E-state index contributed by atoms with van der Waals surface area (Å²) in [5.74, 6) is 1.75. The molecule has 2 unspecified atom stereocenters. The minimum absolute atomic E-state index is 0.206. The number of rotatable bonds is 5. The predicted octanol–water partition coefficient (Wildman–Crippen LogP) is 3.34. The number of benzene rings is 1. The molecule has 4 heterocycles. The molecule has 28 heavy (non-hydrogen) atoms. The lowest BCUT2D eigenvalue weighted by atomic mass is 9.89. The van der Waals surface area contributed by atoms with Crippen LogP contribution in [0.1, 0.15) is 29.2 Å². The lowest BCUT2D eigenvalue weighted by Crippen LogP contribution is -2.51. The number of methoxy groups -OCH3 is 1. The van der Waals surface area contributed by atoms with E-state index >= 15 is 0 Å². The molecule has 0 radical (unpaired) electrons. The molecule has 2 atom stereocenters. The minimum atomic E-state index is 0.206. The number of hydrogen-bond acceptors (Lipinski definition) is 5. The minimum Gasteiger partial charge on any atom is -0.496 e. The van der Waals surface area contributed by atoms with Crippen LogP contribution in [-0.2, 0) is 11.2 Å². The van der Waals surface area contributed by atoms with E-state index < -0.39 is 0 Å². The first kappa shape index (κ1) is 18.0. The van der Waals surface area contributed by atoms with Gasteiger partial charge in [0.1, 0.15) is 5.75 Å². The molecule has 3 aliphatic rings. The lowest BCUT2D eigenvalue weighted by Gasteiger charge is -2.41. The largest absolute Gasteiger partial charge is 0.496 e. The second-order valence-electron chi connectivity index (χ2n) is 8.07. The molecular formula is C22H27N3O2S. The molecule has 1 fully saturated rings. The fourth-order valence-corrected chi connectivity index (χ4v) is 6.11. The topological polar surface area (TPSA) is 36.0 Å². The van der Waals surface area contributed by atoms with Gasteiger partial charge in [0.2, 0.25) is 5.91 Å². The molecule has 1 amide bonds. The Labute approximate surface area is 170 Å². The van der Waals surface area contributed by atoms with Crippen LogP contribution < -0.4 is 14.5 Å². The van der Waals surface area contributed by atoms with Gasteiger partial charge in [-0.05, 0) is 48.9 Å². The highest BCUT2D eigenvalue weighted by Gasteiger charge is 2.46. The Bertz CT molecular complexity index is 896. The van der Waals surface area contributed by atoms with E-state index in [0.29, 0.717) is 18.5 Å². The Hall–Kier alpha value is -2.05. The second-order valence-corrected chi connectivity index (χ2v) is 9.08. The van der Waals surface area contributed by atoms with Gasteiger partial charge in [-0.25, -0.2) is 0 Å². The van der Waals surface area contributed by atoms with Gasteiger partial charge in [-0.3, -0.25) is 4.79 Å². The van der Waals surface area contributed by atoms with Crippen molar-refractivity contribution in [2.75, 3.05) is 50.1 Å². The zero-order valence-corrected chi connectivity index (χ0v) is 17.4. The number of para-hydroxylation sites is 1. The standard InChI is InChI=1S/C22H27N3O2S/c1-23-18-6-3-5-15-16-13-24(10-4-7-20-19(27-2)9-12-28-20)11-8-17(16)25(22(15)18)14-21(23)26/h3,5-6,9,12,16-17H,4,7-8,10-11,13-14H2,1-2H3. The number of anilines is 2. The number of carbonyl (C=O) groups is 1. The Balaban J connectivity index is 1.29. The number of ether oxygens (including phenoxy) is 1. The van der Waals surface area contributed by atoms with Gasteiger partial charge in [-0.2, -0.15) is 0 Å². The van der Waals surface area contributed by atoms with E-state index in [-0.39, 0.29) is 5.91 Å². The number of aryl methyl sites for hydroxylation is 1. The molecule has 1 saturated heterocycles. The van der Waals surface area contributed by atoms with E-state index in [9.17, 15) is 4.79 Å². The fourth-order valence-electron chi connectivity index (χ4n) is 5.22. The maximum Gasteiger partial charge on any atom is 0.246 e. The number of thiophene rings is 1. The molecule has 0 saturated carbocycles. The van der Waals surface area contributed by atoms with Gasteiger partial charge >= 0.3 is 0 Å². The number of piperidine rings is 1. The molecular weight excluding hydrogens is 370 g/mol. The molecule has 1 aromatic heterocycles. The van der Waals surface area contributed by atoms with Gasteiger partial charge in [0.25, 0.3) is 0 Å². The molecule has 0 aliphatic carbocycles. The molecule has 6 heteroatoms. The van der Waals surface area contributed by atoms with Crippen LogP contribution >= 0.6 is 11.3 Å². The third-order valence-corrected chi connectivity index (χ3v) is 7.60. The van der Waals surface area contributed by atoms with Crippen LogP contribution in [-0.4, -0.2) is 57.2 Å². The predicted molar refractivity (Wildman–Crippen MR) is 114 cm³/mol. The van der Waals surface area contributed by atoms with Crippen LogP contribution in [0.3, 0.4) is 0 Å². The Morgan fingerprint density at radius 2 is 2.18 bits per heavy atom. The molecule has 2 aromatic rings. The van der Waals surface area contributed by atoms with Crippen molar-refractivity contribution < 1.29 is 9.53 Å². The first-order valence-electron chi connectivity index (χ1n) is 10.2. The zero-order valence-electron chi connectivity index (χ0n) is 16.6. The third-order valence-electron chi connectivity index (χ3n) is 6.64. The SMILES string of the molecule is COc1ccsc1CCCN1CCC2C(C1)c1cccc3c1N2CC(=O)N3C. The molecule has 5 nitrogen and oxygen atoms in total. The molecule has 3 aliphatic heterocycles. The van der Waals surface area contributed by atoms with Gasteiger partial charge in [-0.1, -0.05) is 12.1 Å². The number of likely N-dealkylation sites (tertiary alicyclic amines) is 1. The van der Waals surface area contributed by atoms with Gasteiger partial charge in [0.15, 0.2) is 0 Å². The van der Waals surface area contributed by atoms with Crippen molar-refractivity contribution in [3.05, 3.63) is 40.1 Å². The molecule has 0 N–H and O–H groups in total. The number of amides is 1. The summed E-state index contributed by atoms with van der Waals surface area (Å²) in [7, 11) is 3.66. The number of nitrogens with zero attached hydrogens (tertiary/aromatic N) is 3. The summed E-state index contributed by atoms with van der Waals surface area (Å²) in [6, 6.07) is 9.02. The Morgan fingerprint density at radius 1 is 1.29 bits per heavy atom. The van der Waals surface area contributed by atoms with Gasteiger partial charge in [0, 0.05) is 37.0 Å². The number of likely N-dealkylation sites (N-methyl/N-ethyl adjacent to an activating group) is 1. The van der Waals surface area contributed by atoms with E-state index in [1.165, 1.54) is 16.1 Å². The molecule has 0 spiro atoms. The van der Waals surface area contributed by atoms with Crippen molar-refractivity contribution in [2.24, 2.45) is 0 Å². The highest BCUT2D eigenvalue weighted by Crippen LogP contribution is 2.50. The first-order valence-corrected chi connectivity index (χ1v) is 11.0. The summed E-state index contributed by atoms with van der Waals surface area (Å²) in [5.41, 5.74) is 3.83. The van der Waals surface area contributed by atoms with Gasteiger partial charge < -0.3 is 19.4 Å². The molecule has 0 bridgehead atoms. The zero-order chi connectivity index (χ0) is 19.3. The van der Waals surface area contributed by atoms with Crippen molar-refractivity contribution in [1.82, 2.24) is 4.90 Å². The van der Waals surface area contributed by atoms with E-state index in [1.54, 1.807) is 18.4 Å². The maximum atomic E-state index is 12.5. The summed E-state index contributed by atoms with van der Waals surface area (Å²) in [6.45, 7) is 3.86. The number of hydrogen-bond donors (Lipinski definition) is 0. The summed E-state index contributed by atoms with van der Waals surface area (Å²) >= 11 is 1.79. The fraction of sp³-hybridized carbons (Fsp3) is 0.500. The van der Waals surface area contributed by atoms with Crippen LogP contribution in [0.15, 0.2) is 29.6 Å².